The second-order valence-electron chi connectivity index (χ2n) is 4.22. The number of halogens is 3. The van der Waals surface area contributed by atoms with Crippen LogP contribution in [0.2, 0.25) is 8.67 Å². The maximum atomic E-state index is 6.26. The van der Waals surface area contributed by atoms with Gasteiger partial charge in [-0.1, -0.05) is 42.3 Å². The second kappa shape index (κ2) is 7.27. The summed E-state index contributed by atoms with van der Waals surface area (Å²) >= 11 is 16.0. The lowest BCUT2D eigenvalue weighted by Crippen LogP contribution is -2.22. The first kappa shape index (κ1) is 15.6. The maximum Gasteiger partial charge on any atom is 0.0992 e. The molecule has 2 aromatic rings. The monoisotopic (exact) mass is 425 g/mol. The Labute approximate surface area is 141 Å². The third kappa shape index (κ3) is 4.33. The van der Waals surface area contributed by atoms with Crippen LogP contribution in [0.1, 0.15) is 24.1 Å². The first-order chi connectivity index (χ1) is 9.10. The fourth-order valence-electron chi connectivity index (χ4n) is 1.99. The van der Waals surface area contributed by atoms with Crippen molar-refractivity contribution in [3.8, 4) is 0 Å². The van der Waals surface area contributed by atoms with Crippen molar-refractivity contribution < 1.29 is 0 Å². The Morgan fingerprint density at radius 3 is 2.47 bits per heavy atom. The number of hydrogen-bond donors (Lipinski definition) is 1. The summed E-state index contributed by atoms with van der Waals surface area (Å²) in [5.74, 6) is 0. The molecule has 1 nitrogen and oxygen atoms in total. The predicted octanol–water partition coefficient (Wildman–Crippen LogP) is 5.55. The number of thiophene rings is 1. The van der Waals surface area contributed by atoms with Gasteiger partial charge in [-0.15, -0.1) is 11.3 Å². The van der Waals surface area contributed by atoms with Crippen LogP contribution in [0, 0.1) is 3.57 Å². The van der Waals surface area contributed by atoms with Crippen LogP contribution in [0.5, 0.6) is 0 Å². The molecule has 1 aromatic carbocycles. The summed E-state index contributed by atoms with van der Waals surface area (Å²) in [4.78, 5) is 0. The highest BCUT2D eigenvalue weighted by Gasteiger charge is 2.17. The zero-order valence-corrected chi connectivity index (χ0v) is 14.9. The highest BCUT2D eigenvalue weighted by molar-refractivity contribution is 14.1. The number of hydrogen-bond acceptors (Lipinski definition) is 2. The van der Waals surface area contributed by atoms with E-state index < -0.39 is 0 Å². The van der Waals surface area contributed by atoms with Gasteiger partial charge in [0.15, 0.2) is 0 Å². The van der Waals surface area contributed by atoms with Crippen molar-refractivity contribution in [2.45, 2.75) is 19.4 Å². The number of benzene rings is 1. The van der Waals surface area contributed by atoms with E-state index in [9.17, 15) is 0 Å². The van der Waals surface area contributed by atoms with E-state index in [1.54, 1.807) is 0 Å². The van der Waals surface area contributed by atoms with E-state index >= 15 is 0 Å². The van der Waals surface area contributed by atoms with E-state index in [2.05, 4.69) is 59.1 Å². The lowest BCUT2D eigenvalue weighted by atomic mass is 10.0. The minimum atomic E-state index is 0.210. The van der Waals surface area contributed by atoms with Gasteiger partial charge in [0, 0.05) is 15.2 Å². The zero-order valence-electron chi connectivity index (χ0n) is 10.4. The first-order valence-corrected chi connectivity index (χ1v) is 8.67. The molecule has 0 fully saturated rings. The summed E-state index contributed by atoms with van der Waals surface area (Å²) in [6.45, 7) is 3.00. The van der Waals surface area contributed by atoms with Crippen LogP contribution < -0.4 is 5.32 Å². The molecule has 0 amide bonds. The molecular weight excluding hydrogens is 412 g/mol. The van der Waals surface area contributed by atoms with Gasteiger partial charge in [0.2, 0.25) is 0 Å². The molecule has 19 heavy (non-hydrogen) atoms. The molecule has 0 saturated carbocycles. The summed E-state index contributed by atoms with van der Waals surface area (Å²) < 4.78 is 2.77. The highest BCUT2D eigenvalue weighted by atomic mass is 127. The van der Waals surface area contributed by atoms with Gasteiger partial charge in [0.25, 0.3) is 0 Å². The van der Waals surface area contributed by atoms with E-state index in [4.69, 9.17) is 23.2 Å². The molecule has 0 aliphatic carbocycles. The summed E-state index contributed by atoms with van der Waals surface area (Å²) in [6, 6.07) is 10.7. The van der Waals surface area contributed by atoms with Crippen molar-refractivity contribution in [3.05, 3.63) is 53.7 Å². The quantitative estimate of drug-likeness (QED) is 0.619. The van der Waals surface area contributed by atoms with Gasteiger partial charge >= 0.3 is 0 Å². The normalized spacial score (nSPS) is 12.6. The van der Waals surface area contributed by atoms with E-state index in [1.807, 2.05) is 6.07 Å². The first-order valence-electron chi connectivity index (χ1n) is 6.02. The van der Waals surface area contributed by atoms with Gasteiger partial charge in [0.05, 0.1) is 8.67 Å². The van der Waals surface area contributed by atoms with Crippen LogP contribution in [-0.2, 0) is 6.42 Å². The Hall–Kier alpha value is 0.190. The van der Waals surface area contributed by atoms with Crippen LogP contribution in [0.15, 0.2) is 30.3 Å². The van der Waals surface area contributed by atoms with Crippen molar-refractivity contribution in [3.63, 3.8) is 0 Å². The number of rotatable bonds is 5. The lowest BCUT2D eigenvalue weighted by molar-refractivity contribution is 0.551. The Bertz CT molecular complexity index is 539. The zero-order chi connectivity index (χ0) is 13.8. The fourth-order valence-corrected chi connectivity index (χ4v) is 3.92. The Balaban J connectivity index is 2.20. The molecular formula is C14H14Cl2INS. The molecule has 102 valence electrons. The predicted molar refractivity (Wildman–Crippen MR) is 93.6 cm³/mol. The Kier molecular flexibility index (Phi) is 5.96. The standard InChI is InChI=1S/C14H14Cl2INS/c1-2-18-12(11-8-13(15)19-14(11)16)7-9-3-5-10(17)6-4-9/h3-6,8,12,18H,2,7H2,1H3. The fraction of sp³-hybridized carbons (Fsp3) is 0.286. The van der Waals surface area contributed by atoms with Crippen molar-refractivity contribution in [2.75, 3.05) is 6.54 Å². The molecule has 0 aliphatic heterocycles. The molecule has 1 N–H and O–H groups in total. The van der Waals surface area contributed by atoms with E-state index in [-0.39, 0.29) is 6.04 Å². The summed E-state index contributed by atoms with van der Waals surface area (Å²) in [5.41, 5.74) is 2.39. The molecule has 1 heterocycles. The van der Waals surface area contributed by atoms with Crippen LogP contribution in [-0.4, -0.2) is 6.54 Å². The molecule has 0 spiro atoms. The van der Waals surface area contributed by atoms with Crippen molar-refractivity contribution in [1.29, 1.82) is 0 Å². The topological polar surface area (TPSA) is 12.0 Å². The molecule has 1 unspecified atom stereocenters. The second-order valence-corrected chi connectivity index (χ2v) is 7.75. The maximum absolute atomic E-state index is 6.26. The minimum absolute atomic E-state index is 0.210. The van der Waals surface area contributed by atoms with Gasteiger partial charge in [0.1, 0.15) is 0 Å². The summed E-state index contributed by atoms with van der Waals surface area (Å²) in [7, 11) is 0. The summed E-state index contributed by atoms with van der Waals surface area (Å²) in [6.07, 6.45) is 0.914. The van der Waals surface area contributed by atoms with Crippen LogP contribution >= 0.6 is 57.1 Å². The molecule has 0 aliphatic rings. The molecule has 0 bridgehead atoms. The van der Waals surface area contributed by atoms with Gasteiger partial charge < -0.3 is 5.32 Å². The van der Waals surface area contributed by atoms with E-state index in [0.29, 0.717) is 0 Å². The van der Waals surface area contributed by atoms with E-state index in [0.717, 1.165) is 27.2 Å². The molecule has 5 heteroatoms. The number of likely N-dealkylation sites (N-methyl/N-ethyl adjacent to an activating group) is 1. The molecule has 1 aromatic heterocycles. The van der Waals surface area contributed by atoms with Crippen molar-refractivity contribution in [1.82, 2.24) is 5.32 Å². The Morgan fingerprint density at radius 1 is 1.26 bits per heavy atom. The number of nitrogens with one attached hydrogen (secondary N) is 1. The molecule has 2 rings (SSSR count). The summed E-state index contributed by atoms with van der Waals surface area (Å²) in [5, 5.41) is 3.48. The third-order valence-corrected chi connectivity index (χ3v) is 5.10. The van der Waals surface area contributed by atoms with Crippen molar-refractivity contribution in [2.24, 2.45) is 0 Å². The third-order valence-electron chi connectivity index (χ3n) is 2.86. The van der Waals surface area contributed by atoms with Gasteiger partial charge in [-0.05, 0) is 59.3 Å². The minimum Gasteiger partial charge on any atom is -0.310 e. The average Bonchev–Trinajstić information content (AvgIpc) is 2.71. The SMILES string of the molecule is CCNC(Cc1ccc(I)cc1)c1cc(Cl)sc1Cl. The molecule has 0 radical (unpaired) electrons. The van der Waals surface area contributed by atoms with Crippen LogP contribution in [0.25, 0.3) is 0 Å². The van der Waals surface area contributed by atoms with Crippen LogP contribution in [0.4, 0.5) is 0 Å². The van der Waals surface area contributed by atoms with E-state index in [1.165, 1.54) is 20.5 Å². The average molecular weight is 426 g/mol. The van der Waals surface area contributed by atoms with Crippen LogP contribution in [0.3, 0.4) is 0 Å². The van der Waals surface area contributed by atoms with Gasteiger partial charge in [-0.3, -0.25) is 0 Å². The van der Waals surface area contributed by atoms with Gasteiger partial charge in [-0.2, -0.15) is 0 Å². The van der Waals surface area contributed by atoms with Crippen molar-refractivity contribution >= 4 is 57.1 Å². The Morgan fingerprint density at radius 2 is 1.95 bits per heavy atom. The highest BCUT2D eigenvalue weighted by Crippen LogP contribution is 2.36. The largest absolute Gasteiger partial charge is 0.310 e. The molecule has 0 saturated heterocycles. The smallest absolute Gasteiger partial charge is 0.0992 e. The van der Waals surface area contributed by atoms with Gasteiger partial charge in [-0.25, -0.2) is 0 Å². The lowest BCUT2D eigenvalue weighted by Gasteiger charge is -2.17. The molecule has 1 atom stereocenters.